The topological polar surface area (TPSA) is 47.1 Å². The van der Waals surface area contributed by atoms with Gasteiger partial charge in [-0.2, -0.15) is 5.10 Å². The van der Waals surface area contributed by atoms with Crippen LogP contribution in [0.5, 0.6) is 0 Å². The van der Waals surface area contributed by atoms with Crippen molar-refractivity contribution in [2.75, 3.05) is 13.1 Å². The summed E-state index contributed by atoms with van der Waals surface area (Å²) in [6.07, 6.45) is 8.06. The zero-order valence-electron chi connectivity index (χ0n) is 15.7. The van der Waals surface area contributed by atoms with E-state index in [9.17, 15) is 8.78 Å². The highest BCUT2D eigenvalue weighted by atomic mass is 32.1. The molecule has 0 atom stereocenters. The second kappa shape index (κ2) is 6.35. The van der Waals surface area contributed by atoms with Gasteiger partial charge in [-0.1, -0.05) is 11.3 Å². The Balaban J connectivity index is 1.57. The van der Waals surface area contributed by atoms with E-state index >= 15 is 0 Å². The summed E-state index contributed by atoms with van der Waals surface area (Å²) in [6, 6.07) is 3.49. The Labute approximate surface area is 165 Å². The van der Waals surface area contributed by atoms with Crippen LogP contribution in [0.3, 0.4) is 0 Å². The van der Waals surface area contributed by atoms with Crippen molar-refractivity contribution in [3.63, 3.8) is 0 Å². The van der Waals surface area contributed by atoms with E-state index in [1.807, 2.05) is 16.7 Å². The first kappa shape index (κ1) is 17.8. The largest absolute Gasteiger partial charge is 0.317 e. The van der Waals surface area contributed by atoms with Crippen molar-refractivity contribution in [3.8, 4) is 10.4 Å². The molecule has 1 aliphatic heterocycles. The van der Waals surface area contributed by atoms with Crippen LogP contribution in [0.25, 0.3) is 26.3 Å². The number of benzene rings is 1. The van der Waals surface area contributed by atoms with Crippen LogP contribution < -0.4 is 5.32 Å². The lowest BCUT2D eigenvalue weighted by Crippen LogP contribution is -2.26. The first-order chi connectivity index (χ1) is 13.4. The van der Waals surface area contributed by atoms with Crippen molar-refractivity contribution in [2.45, 2.75) is 31.6 Å². The number of alkyl halides is 2. The van der Waals surface area contributed by atoms with E-state index in [0.29, 0.717) is 11.4 Å². The lowest BCUT2D eigenvalue weighted by atomic mass is 9.95. The van der Waals surface area contributed by atoms with Gasteiger partial charge in [-0.25, -0.2) is 13.8 Å². The summed E-state index contributed by atoms with van der Waals surface area (Å²) in [7, 11) is 1.75. The number of piperidine rings is 1. The molecule has 0 bridgehead atoms. The maximum atomic E-state index is 14.2. The highest BCUT2D eigenvalue weighted by molar-refractivity contribution is 7.20. The van der Waals surface area contributed by atoms with Crippen LogP contribution in [0.4, 0.5) is 8.78 Å². The number of aryl methyl sites for hydroxylation is 1. The SMILES string of the molecule is Cn1cc2cc(-c3cn4cc(C5CCNCC5)nc4s3)cc(C(C)(F)F)c2n1. The van der Waals surface area contributed by atoms with Crippen molar-refractivity contribution < 1.29 is 8.78 Å². The summed E-state index contributed by atoms with van der Waals surface area (Å²) < 4.78 is 32.1. The Morgan fingerprint density at radius 3 is 2.68 bits per heavy atom. The van der Waals surface area contributed by atoms with Gasteiger partial charge in [0.2, 0.25) is 0 Å². The molecule has 0 spiro atoms. The smallest absolute Gasteiger partial charge is 0.272 e. The number of nitrogens with one attached hydrogen (secondary N) is 1. The molecular weight excluding hydrogens is 380 g/mol. The monoisotopic (exact) mass is 401 g/mol. The average Bonchev–Trinajstić information content (AvgIpc) is 3.32. The average molecular weight is 401 g/mol. The number of imidazole rings is 1. The molecule has 0 unspecified atom stereocenters. The number of halogens is 2. The van der Waals surface area contributed by atoms with E-state index in [4.69, 9.17) is 4.98 Å². The predicted molar refractivity (Wildman–Crippen MR) is 107 cm³/mol. The fourth-order valence-electron chi connectivity index (χ4n) is 3.99. The molecule has 1 aromatic carbocycles. The van der Waals surface area contributed by atoms with Crippen molar-refractivity contribution in [1.82, 2.24) is 24.5 Å². The second-order valence-corrected chi connectivity index (χ2v) is 8.64. The number of nitrogens with zero attached hydrogens (tertiary/aromatic N) is 4. The third kappa shape index (κ3) is 3.00. The van der Waals surface area contributed by atoms with Gasteiger partial charge in [0.05, 0.1) is 10.6 Å². The number of rotatable bonds is 3. The molecule has 5 nitrogen and oxygen atoms in total. The van der Waals surface area contributed by atoms with Crippen LogP contribution in [0.2, 0.25) is 0 Å². The molecular formula is C20H21F2N5S. The minimum Gasteiger partial charge on any atom is -0.317 e. The maximum absolute atomic E-state index is 14.2. The summed E-state index contributed by atoms with van der Waals surface area (Å²) >= 11 is 1.53. The van der Waals surface area contributed by atoms with E-state index in [1.165, 1.54) is 11.3 Å². The third-order valence-corrected chi connectivity index (χ3v) is 6.46. The molecule has 5 rings (SSSR count). The van der Waals surface area contributed by atoms with Gasteiger partial charge >= 0.3 is 0 Å². The van der Waals surface area contributed by atoms with Crippen LogP contribution in [0.15, 0.2) is 30.7 Å². The van der Waals surface area contributed by atoms with Crippen LogP contribution in [0, 0.1) is 0 Å². The molecule has 8 heteroatoms. The van der Waals surface area contributed by atoms with Gasteiger partial charge < -0.3 is 5.32 Å². The summed E-state index contributed by atoms with van der Waals surface area (Å²) in [5.74, 6) is -2.46. The number of thiazole rings is 1. The molecule has 1 fully saturated rings. The molecule has 28 heavy (non-hydrogen) atoms. The standard InChI is InChI=1S/C20H21F2N5S/c1-20(21,22)15-8-13(7-14-9-26(2)25-18(14)15)17-11-27-10-16(24-19(27)28-17)12-3-5-23-6-4-12/h7-12,23H,3-6H2,1-2H3. The summed E-state index contributed by atoms with van der Waals surface area (Å²) in [5.41, 5.74) is 2.22. The molecule has 4 heterocycles. The van der Waals surface area contributed by atoms with Gasteiger partial charge in [0.15, 0.2) is 4.96 Å². The normalized spacial score (nSPS) is 16.4. The Morgan fingerprint density at radius 2 is 1.96 bits per heavy atom. The number of hydrogen-bond acceptors (Lipinski definition) is 4. The van der Waals surface area contributed by atoms with E-state index in [1.54, 1.807) is 24.0 Å². The van der Waals surface area contributed by atoms with Crippen LogP contribution in [-0.4, -0.2) is 32.3 Å². The second-order valence-electron chi connectivity index (χ2n) is 7.63. The molecule has 1 saturated heterocycles. The van der Waals surface area contributed by atoms with Gasteiger partial charge in [-0.05, 0) is 43.6 Å². The molecule has 0 radical (unpaired) electrons. The highest BCUT2D eigenvalue weighted by Gasteiger charge is 2.29. The van der Waals surface area contributed by atoms with Gasteiger partial charge in [0.25, 0.3) is 5.92 Å². The first-order valence-electron chi connectivity index (χ1n) is 9.44. The Morgan fingerprint density at radius 1 is 1.18 bits per heavy atom. The van der Waals surface area contributed by atoms with E-state index < -0.39 is 5.92 Å². The minimum absolute atomic E-state index is 0.0398. The van der Waals surface area contributed by atoms with E-state index in [0.717, 1.165) is 59.3 Å². The molecule has 0 aliphatic carbocycles. The van der Waals surface area contributed by atoms with Crippen molar-refractivity contribution >= 4 is 27.2 Å². The zero-order chi connectivity index (χ0) is 19.5. The molecule has 4 aromatic rings. The molecule has 0 saturated carbocycles. The minimum atomic E-state index is -2.96. The Kier molecular flexibility index (Phi) is 4.03. The molecule has 3 aromatic heterocycles. The summed E-state index contributed by atoms with van der Waals surface area (Å²) in [5, 5.41) is 8.32. The predicted octanol–water partition coefficient (Wildman–Crippen LogP) is 4.53. The highest BCUT2D eigenvalue weighted by Crippen LogP contribution is 2.38. The summed E-state index contributed by atoms with van der Waals surface area (Å²) in [6.45, 7) is 2.98. The van der Waals surface area contributed by atoms with Gasteiger partial charge in [-0.15, -0.1) is 0 Å². The third-order valence-electron chi connectivity index (χ3n) is 5.41. The van der Waals surface area contributed by atoms with Gasteiger partial charge in [0, 0.05) is 49.4 Å². The quantitative estimate of drug-likeness (QED) is 0.549. The van der Waals surface area contributed by atoms with Crippen molar-refractivity contribution in [2.24, 2.45) is 7.05 Å². The number of fused-ring (bicyclic) bond motifs is 2. The van der Waals surface area contributed by atoms with Crippen molar-refractivity contribution in [1.29, 1.82) is 0 Å². The van der Waals surface area contributed by atoms with Crippen LogP contribution in [-0.2, 0) is 13.0 Å². The fourth-order valence-corrected chi connectivity index (χ4v) is 4.95. The van der Waals surface area contributed by atoms with Gasteiger partial charge in [-0.3, -0.25) is 9.08 Å². The maximum Gasteiger partial charge on any atom is 0.272 e. The number of aromatic nitrogens is 4. The molecule has 0 amide bonds. The summed E-state index contributed by atoms with van der Waals surface area (Å²) in [4.78, 5) is 6.64. The zero-order valence-corrected chi connectivity index (χ0v) is 16.6. The lowest BCUT2D eigenvalue weighted by Gasteiger charge is -2.20. The molecule has 146 valence electrons. The Hall–Kier alpha value is -2.32. The number of hydrogen-bond donors (Lipinski definition) is 1. The lowest BCUT2D eigenvalue weighted by molar-refractivity contribution is 0.0189. The van der Waals surface area contributed by atoms with Crippen LogP contribution in [0.1, 0.15) is 36.9 Å². The Bertz CT molecular complexity index is 1130. The molecule has 1 N–H and O–H groups in total. The van der Waals surface area contributed by atoms with Gasteiger partial charge in [0.1, 0.15) is 5.52 Å². The molecule has 1 aliphatic rings. The fraction of sp³-hybridized carbons (Fsp3) is 0.400. The van der Waals surface area contributed by atoms with E-state index in [-0.39, 0.29) is 5.56 Å². The van der Waals surface area contributed by atoms with Crippen molar-refractivity contribution in [3.05, 3.63) is 42.0 Å². The van der Waals surface area contributed by atoms with Crippen LogP contribution >= 0.6 is 11.3 Å². The van der Waals surface area contributed by atoms with E-state index in [2.05, 4.69) is 16.6 Å². The first-order valence-corrected chi connectivity index (χ1v) is 10.3.